The van der Waals surface area contributed by atoms with E-state index in [1.165, 1.54) is 5.56 Å². The summed E-state index contributed by atoms with van der Waals surface area (Å²) < 4.78 is 0. The molecule has 0 aliphatic heterocycles. The quantitative estimate of drug-likeness (QED) is 0.699. The van der Waals surface area contributed by atoms with Crippen LogP contribution >= 0.6 is 0 Å². The number of phenols is 1. The smallest absolute Gasteiger partial charge is 0.115 e. The molecule has 1 N–H and O–H groups in total. The Morgan fingerprint density at radius 3 is 2.54 bits per heavy atom. The van der Waals surface area contributed by atoms with E-state index < -0.39 is 0 Å². The van der Waals surface area contributed by atoms with Crippen LogP contribution in [-0.2, 0) is 6.42 Å². The summed E-state index contributed by atoms with van der Waals surface area (Å²) in [5, 5.41) is 9.06. The Balaban J connectivity index is 2.45. The van der Waals surface area contributed by atoms with E-state index in [0.717, 1.165) is 12.8 Å². The third kappa shape index (κ3) is 3.32. The first-order valence-electron chi connectivity index (χ1n) is 4.63. The third-order valence-corrected chi connectivity index (χ3v) is 2.23. The zero-order chi connectivity index (χ0) is 9.68. The first-order chi connectivity index (χ1) is 6.22. The lowest BCUT2D eigenvalue weighted by Gasteiger charge is -2.05. The topological polar surface area (TPSA) is 20.2 Å². The molecule has 0 radical (unpaired) electrons. The number of rotatable bonds is 4. The molecule has 0 amide bonds. The summed E-state index contributed by atoms with van der Waals surface area (Å²) in [4.78, 5) is 0. The Morgan fingerprint density at radius 2 is 2.00 bits per heavy atom. The second kappa shape index (κ2) is 4.70. The van der Waals surface area contributed by atoms with Gasteiger partial charge in [-0.2, -0.15) is 0 Å². The van der Waals surface area contributed by atoms with Crippen LogP contribution < -0.4 is 0 Å². The molecular weight excluding hydrogens is 160 g/mol. The SMILES string of the molecule is C=C[C@@H](C)CCc1ccc(O)cc1. The molecule has 1 atom stereocenters. The fourth-order valence-corrected chi connectivity index (χ4v) is 1.17. The predicted molar refractivity (Wildman–Crippen MR) is 55.8 cm³/mol. The number of hydrogen-bond donors (Lipinski definition) is 1. The Labute approximate surface area is 79.7 Å². The largest absolute Gasteiger partial charge is 0.508 e. The first-order valence-corrected chi connectivity index (χ1v) is 4.63. The van der Waals surface area contributed by atoms with Crippen LogP contribution in [-0.4, -0.2) is 5.11 Å². The van der Waals surface area contributed by atoms with Crippen LogP contribution in [0.3, 0.4) is 0 Å². The molecule has 1 aromatic rings. The van der Waals surface area contributed by atoms with Crippen molar-refractivity contribution in [3.63, 3.8) is 0 Å². The van der Waals surface area contributed by atoms with Gasteiger partial charge < -0.3 is 5.11 Å². The molecule has 0 bridgehead atoms. The van der Waals surface area contributed by atoms with Crippen LogP contribution in [0.1, 0.15) is 18.9 Å². The summed E-state index contributed by atoms with van der Waals surface area (Å²) in [6.07, 6.45) is 4.14. The molecule has 0 aromatic heterocycles. The van der Waals surface area contributed by atoms with Gasteiger partial charge in [0.1, 0.15) is 5.75 Å². The number of hydrogen-bond acceptors (Lipinski definition) is 1. The van der Waals surface area contributed by atoms with Crippen molar-refractivity contribution in [1.82, 2.24) is 0 Å². The lowest BCUT2D eigenvalue weighted by atomic mass is 10.0. The van der Waals surface area contributed by atoms with E-state index >= 15 is 0 Å². The van der Waals surface area contributed by atoms with Crippen molar-refractivity contribution < 1.29 is 5.11 Å². The number of aromatic hydroxyl groups is 1. The summed E-state index contributed by atoms with van der Waals surface area (Å²) in [5.41, 5.74) is 1.27. The lowest BCUT2D eigenvalue weighted by molar-refractivity contribution is 0.475. The summed E-state index contributed by atoms with van der Waals surface area (Å²) in [7, 11) is 0. The molecule has 0 saturated heterocycles. The molecule has 70 valence electrons. The minimum Gasteiger partial charge on any atom is -0.508 e. The van der Waals surface area contributed by atoms with E-state index in [1.54, 1.807) is 12.1 Å². The van der Waals surface area contributed by atoms with Crippen molar-refractivity contribution in [3.05, 3.63) is 42.5 Å². The second-order valence-corrected chi connectivity index (χ2v) is 3.42. The van der Waals surface area contributed by atoms with Crippen LogP contribution in [0.5, 0.6) is 5.75 Å². The van der Waals surface area contributed by atoms with E-state index in [0.29, 0.717) is 11.7 Å². The molecule has 0 fully saturated rings. The molecule has 13 heavy (non-hydrogen) atoms. The first kappa shape index (κ1) is 9.85. The molecule has 1 aromatic carbocycles. The number of aryl methyl sites for hydroxylation is 1. The molecule has 0 aliphatic carbocycles. The van der Waals surface area contributed by atoms with Crippen molar-refractivity contribution in [3.8, 4) is 5.75 Å². The number of allylic oxidation sites excluding steroid dienone is 1. The maximum atomic E-state index is 9.06. The van der Waals surface area contributed by atoms with Gasteiger partial charge in [-0.05, 0) is 36.5 Å². The molecular formula is C12H16O. The predicted octanol–water partition coefficient (Wildman–Crippen LogP) is 3.15. The number of phenolic OH excluding ortho intramolecular Hbond substituents is 1. The van der Waals surface area contributed by atoms with Gasteiger partial charge in [0.25, 0.3) is 0 Å². The number of benzene rings is 1. The van der Waals surface area contributed by atoms with Gasteiger partial charge in [0, 0.05) is 0 Å². The Kier molecular flexibility index (Phi) is 3.56. The average Bonchev–Trinajstić information content (AvgIpc) is 2.16. The van der Waals surface area contributed by atoms with Gasteiger partial charge in [-0.25, -0.2) is 0 Å². The fraction of sp³-hybridized carbons (Fsp3) is 0.333. The van der Waals surface area contributed by atoms with Gasteiger partial charge in [0.05, 0.1) is 0 Å². The average molecular weight is 176 g/mol. The molecule has 1 nitrogen and oxygen atoms in total. The van der Waals surface area contributed by atoms with Crippen molar-refractivity contribution in [2.24, 2.45) is 5.92 Å². The van der Waals surface area contributed by atoms with Crippen molar-refractivity contribution >= 4 is 0 Å². The Morgan fingerprint density at radius 1 is 1.38 bits per heavy atom. The highest BCUT2D eigenvalue weighted by atomic mass is 16.3. The lowest BCUT2D eigenvalue weighted by Crippen LogP contribution is -1.92. The van der Waals surface area contributed by atoms with Gasteiger partial charge in [0.2, 0.25) is 0 Å². The van der Waals surface area contributed by atoms with Crippen LogP contribution in [0.15, 0.2) is 36.9 Å². The molecule has 0 unspecified atom stereocenters. The van der Waals surface area contributed by atoms with Gasteiger partial charge in [-0.15, -0.1) is 6.58 Å². The van der Waals surface area contributed by atoms with Crippen LogP contribution in [0.2, 0.25) is 0 Å². The summed E-state index contributed by atoms with van der Waals surface area (Å²) in [6, 6.07) is 7.39. The minimum absolute atomic E-state index is 0.334. The molecule has 0 aliphatic rings. The fourth-order valence-electron chi connectivity index (χ4n) is 1.17. The minimum atomic E-state index is 0.334. The molecule has 1 rings (SSSR count). The molecule has 0 spiro atoms. The van der Waals surface area contributed by atoms with E-state index in [-0.39, 0.29) is 0 Å². The second-order valence-electron chi connectivity index (χ2n) is 3.42. The van der Waals surface area contributed by atoms with Crippen LogP contribution in [0, 0.1) is 5.92 Å². The molecule has 0 heterocycles. The van der Waals surface area contributed by atoms with E-state index in [9.17, 15) is 0 Å². The van der Waals surface area contributed by atoms with E-state index in [4.69, 9.17) is 5.11 Å². The van der Waals surface area contributed by atoms with Crippen molar-refractivity contribution in [2.45, 2.75) is 19.8 Å². The van der Waals surface area contributed by atoms with Crippen molar-refractivity contribution in [1.29, 1.82) is 0 Å². The van der Waals surface area contributed by atoms with Crippen molar-refractivity contribution in [2.75, 3.05) is 0 Å². The normalized spacial score (nSPS) is 12.4. The zero-order valence-electron chi connectivity index (χ0n) is 8.03. The van der Waals surface area contributed by atoms with Gasteiger partial charge in [-0.1, -0.05) is 25.1 Å². The van der Waals surface area contributed by atoms with E-state index in [2.05, 4.69) is 13.5 Å². The molecule has 0 saturated carbocycles. The third-order valence-electron chi connectivity index (χ3n) is 2.23. The highest BCUT2D eigenvalue weighted by molar-refractivity contribution is 5.25. The molecule has 1 heteroatoms. The van der Waals surface area contributed by atoms with Gasteiger partial charge >= 0.3 is 0 Å². The standard InChI is InChI=1S/C12H16O/c1-3-10(2)4-5-11-6-8-12(13)9-7-11/h3,6-10,13H,1,4-5H2,2H3/t10-/m1/s1. The monoisotopic (exact) mass is 176 g/mol. The summed E-state index contributed by atoms with van der Waals surface area (Å²) >= 11 is 0. The zero-order valence-corrected chi connectivity index (χ0v) is 8.03. The van der Waals surface area contributed by atoms with Gasteiger partial charge in [0.15, 0.2) is 0 Å². The maximum Gasteiger partial charge on any atom is 0.115 e. The summed E-state index contributed by atoms with van der Waals surface area (Å²) in [5.74, 6) is 0.898. The van der Waals surface area contributed by atoms with E-state index in [1.807, 2.05) is 18.2 Å². The van der Waals surface area contributed by atoms with Crippen LogP contribution in [0.25, 0.3) is 0 Å². The van der Waals surface area contributed by atoms with Gasteiger partial charge in [-0.3, -0.25) is 0 Å². The van der Waals surface area contributed by atoms with Crippen LogP contribution in [0.4, 0.5) is 0 Å². The summed E-state index contributed by atoms with van der Waals surface area (Å²) in [6.45, 7) is 5.91. The highest BCUT2D eigenvalue weighted by Gasteiger charge is 1.97. The Bertz CT molecular complexity index is 261. The highest BCUT2D eigenvalue weighted by Crippen LogP contribution is 2.13. The maximum absolute atomic E-state index is 9.06. The Hall–Kier alpha value is -1.24.